The van der Waals surface area contributed by atoms with Gasteiger partial charge in [0.25, 0.3) is 5.91 Å². The van der Waals surface area contributed by atoms with Crippen LogP contribution in [0, 0.1) is 0 Å². The SMILES string of the molecule is COC(C)(C)C(=O)Nc1cccc(Cl)c1N(C)C. The lowest BCUT2D eigenvalue weighted by Gasteiger charge is -2.24. The Kier molecular flexibility index (Phi) is 4.59. The zero-order chi connectivity index (χ0) is 13.9. The van der Waals surface area contributed by atoms with Gasteiger partial charge in [-0.3, -0.25) is 4.79 Å². The van der Waals surface area contributed by atoms with Gasteiger partial charge in [-0.2, -0.15) is 0 Å². The first kappa shape index (κ1) is 14.8. The maximum Gasteiger partial charge on any atom is 0.256 e. The third kappa shape index (κ3) is 3.15. The molecular formula is C13H19ClN2O2. The maximum absolute atomic E-state index is 12.1. The number of methoxy groups -OCH3 is 1. The molecule has 0 aliphatic heterocycles. The van der Waals surface area contributed by atoms with Gasteiger partial charge in [0, 0.05) is 21.2 Å². The fourth-order valence-corrected chi connectivity index (χ4v) is 1.78. The van der Waals surface area contributed by atoms with E-state index in [0.717, 1.165) is 5.69 Å². The Hall–Kier alpha value is -1.26. The Morgan fingerprint density at radius 1 is 1.39 bits per heavy atom. The number of benzene rings is 1. The van der Waals surface area contributed by atoms with E-state index >= 15 is 0 Å². The Bertz CT molecular complexity index is 445. The second-order valence-corrected chi connectivity index (χ2v) is 5.11. The van der Waals surface area contributed by atoms with Gasteiger partial charge in [0.2, 0.25) is 0 Å². The molecule has 1 amide bonds. The van der Waals surface area contributed by atoms with Crippen molar-refractivity contribution < 1.29 is 9.53 Å². The molecule has 0 radical (unpaired) electrons. The summed E-state index contributed by atoms with van der Waals surface area (Å²) in [6.07, 6.45) is 0. The molecule has 0 fully saturated rings. The second-order valence-electron chi connectivity index (χ2n) is 4.70. The highest BCUT2D eigenvalue weighted by atomic mass is 35.5. The molecule has 0 saturated carbocycles. The van der Waals surface area contributed by atoms with Gasteiger partial charge >= 0.3 is 0 Å². The van der Waals surface area contributed by atoms with E-state index in [1.807, 2.05) is 25.1 Å². The van der Waals surface area contributed by atoms with Crippen LogP contribution in [-0.4, -0.2) is 32.7 Å². The number of para-hydroxylation sites is 1. The lowest BCUT2D eigenvalue weighted by atomic mass is 10.1. The summed E-state index contributed by atoms with van der Waals surface area (Å²) in [4.78, 5) is 13.9. The van der Waals surface area contributed by atoms with Crippen molar-refractivity contribution >= 4 is 28.9 Å². The van der Waals surface area contributed by atoms with Crippen LogP contribution in [0.25, 0.3) is 0 Å². The molecule has 0 unspecified atom stereocenters. The van der Waals surface area contributed by atoms with Crippen LogP contribution in [0.3, 0.4) is 0 Å². The molecule has 18 heavy (non-hydrogen) atoms. The number of anilines is 2. The van der Waals surface area contributed by atoms with Gasteiger partial charge in [0.1, 0.15) is 5.60 Å². The fourth-order valence-electron chi connectivity index (χ4n) is 1.44. The van der Waals surface area contributed by atoms with E-state index in [9.17, 15) is 4.79 Å². The van der Waals surface area contributed by atoms with Gasteiger partial charge in [0.15, 0.2) is 0 Å². The molecule has 1 N–H and O–H groups in total. The van der Waals surface area contributed by atoms with Gasteiger partial charge in [0.05, 0.1) is 16.4 Å². The normalized spacial score (nSPS) is 11.2. The quantitative estimate of drug-likeness (QED) is 0.915. The van der Waals surface area contributed by atoms with E-state index in [2.05, 4.69) is 5.32 Å². The minimum atomic E-state index is -0.883. The standard InChI is InChI=1S/C13H19ClN2O2/c1-13(2,18-5)12(17)15-10-8-6-7-9(14)11(10)16(3)4/h6-8H,1-5H3,(H,15,17). The molecular weight excluding hydrogens is 252 g/mol. The van der Waals surface area contributed by atoms with Crippen molar-refractivity contribution in [1.82, 2.24) is 0 Å². The van der Waals surface area contributed by atoms with E-state index in [1.54, 1.807) is 26.0 Å². The fraction of sp³-hybridized carbons (Fsp3) is 0.462. The van der Waals surface area contributed by atoms with Crippen LogP contribution in [0.2, 0.25) is 5.02 Å². The molecule has 1 aromatic carbocycles. The van der Waals surface area contributed by atoms with Crippen molar-refractivity contribution in [3.05, 3.63) is 23.2 Å². The zero-order valence-corrected chi connectivity index (χ0v) is 12.1. The van der Waals surface area contributed by atoms with Crippen LogP contribution >= 0.6 is 11.6 Å². The number of hydrogen-bond acceptors (Lipinski definition) is 3. The summed E-state index contributed by atoms with van der Waals surface area (Å²) in [5, 5.41) is 3.42. The van der Waals surface area contributed by atoms with E-state index in [-0.39, 0.29) is 5.91 Å². The van der Waals surface area contributed by atoms with Crippen molar-refractivity contribution in [3.8, 4) is 0 Å². The van der Waals surface area contributed by atoms with E-state index in [0.29, 0.717) is 10.7 Å². The predicted molar refractivity (Wildman–Crippen MR) is 75.5 cm³/mol. The molecule has 0 atom stereocenters. The van der Waals surface area contributed by atoms with Crippen molar-refractivity contribution in [1.29, 1.82) is 0 Å². The molecule has 0 aliphatic carbocycles. The minimum Gasteiger partial charge on any atom is -0.375 e. The lowest BCUT2D eigenvalue weighted by Crippen LogP contribution is -2.39. The van der Waals surface area contributed by atoms with E-state index in [1.165, 1.54) is 7.11 Å². The molecule has 0 spiro atoms. The van der Waals surface area contributed by atoms with Gasteiger partial charge in [-0.1, -0.05) is 17.7 Å². The molecule has 0 aromatic heterocycles. The molecule has 0 aliphatic rings. The highest BCUT2D eigenvalue weighted by Gasteiger charge is 2.27. The van der Waals surface area contributed by atoms with Crippen LogP contribution < -0.4 is 10.2 Å². The van der Waals surface area contributed by atoms with Crippen LogP contribution in [0.15, 0.2) is 18.2 Å². The number of rotatable bonds is 4. The first-order valence-electron chi connectivity index (χ1n) is 5.62. The number of hydrogen-bond donors (Lipinski definition) is 1. The minimum absolute atomic E-state index is 0.213. The Morgan fingerprint density at radius 2 is 2.00 bits per heavy atom. The molecule has 0 saturated heterocycles. The summed E-state index contributed by atoms with van der Waals surface area (Å²) >= 11 is 6.13. The average molecular weight is 271 g/mol. The second kappa shape index (κ2) is 5.59. The van der Waals surface area contributed by atoms with E-state index in [4.69, 9.17) is 16.3 Å². The third-order valence-corrected chi connectivity index (χ3v) is 3.04. The molecule has 100 valence electrons. The Morgan fingerprint density at radius 3 is 2.50 bits per heavy atom. The summed E-state index contributed by atoms with van der Waals surface area (Å²) < 4.78 is 5.14. The van der Waals surface area contributed by atoms with Crippen molar-refractivity contribution in [2.24, 2.45) is 0 Å². The molecule has 5 heteroatoms. The Balaban J connectivity index is 3.06. The van der Waals surface area contributed by atoms with Gasteiger partial charge < -0.3 is 15.0 Å². The number of ether oxygens (including phenoxy) is 1. The zero-order valence-electron chi connectivity index (χ0n) is 11.4. The summed E-state index contributed by atoms with van der Waals surface area (Å²) in [6.45, 7) is 3.42. The summed E-state index contributed by atoms with van der Waals surface area (Å²) in [5.74, 6) is -0.213. The average Bonchev–Trinajstić information content (AvgIpc) is 2.28. The topological polar surface area (TPSA) is 41.6 Å². The first-order chi connectivity index (χ1) is 8.29. The highest BCUT2D eigenvalue weighted by molar-refractivity contribution is 6.34. The van der Waals surface area contributed by atoms with Crippen LogP contribution in [0.1, 0.15) is 13.8 Å². The van der Waals surface area contributed by atoms with Crippen molar-refractivity contribution in [2.75, 3.05) is 31.4 Å². The van der Waals surface area contributed by atoms with Gasteiger partial charge in [-0.05, 0) is 26.0 Å². The highest BCUT2D eigenvalue weighted by Crippen LogP contribution is 2.32. The molecule has 4 nitrogen and oxygen atoms in total. The summed E-state index contributed by atoms with van der Waals surface area (Å²) in [7, 11) is 5.25. The Labute approximate surface area is 113 Å². The first-order valence-corrected chi connectivity index (χ1v) is 6.00. The number of nitrogens with one attached hydrogen (secondary N) is 1. The molecule has 1 rings (SSSR count). The molecule has 0 heterocycles. The third-order valence-electron chi connectivity index (χ3n) is 2.74. The van der Waals surface area contributed by atoms with Crippen LogP contribution in [0.4, 0.5) is 11.4 Å². The van der Waals surface area contributed by atoms with Crippen molar-refractivity contribution in [3.63, 3.8) is 0 Å². The monoisotopic (exact) mass is 270 g/mol. The molecule has 1 aromatic rings. The van der Waals surface area contributed by atoms with Crippen LogP contribution in [-0.2, 0) is 9.53 Å². The number of amides is 1. The van der Waals surface area contributed by atoms with Crippen LogP contribution in [0.5, 0.6) is 0 Å². The summed E-state index contributed by atoms with van der Waals surface area (Å²) in [6, 6.07) is 5.39. The molecule has 0 bridgehead atoms. The maximum atomic E-state index is 12.1. The smallest absolute Gasteiger partial charge is 0.256 e. The predicted octanol–water partition coefficient (Wildman–Crippen LogP) is 2.77. The number of halogens is 1. The largest absolute Gasteiger partial charge is 0.375 e. The van der Waals surface area contributed by atoms with E-state index < -0.39 is 5.60 Å². The van der Waals surface area contributed by atoms with Gasteiger partial charge in [-0.25, -0.2) is 0 Å². The lowest BCUT2D eigenvalue weighted by molar-refractivity contribution is -0.133. The van der Waals surface area contributed by atoms with Gasteiger partial charge in [-0.15, -0.1) is 0 Å². The summed E-state index contributed by atoms with van der Waals surface area (Å²) in [5.41, 5.74) is 0.563. The number of carbonyl (C=O) groups is 1. The number of nitrogens with zero attached hydrogens (tertiary/aromatic N) is 1. The van der Waals surface area contributed by atoms with Crippen molar-refractivity contribution in [2.45, 2.75) is 19.4 Å². The number of carbonyl (C=O) groups excluding carboxylic acids is 1.